The van der Waals surface area contributed by atoms with Crippen molar-refractivity contribution in [3.63, 3.8) is 0 Å². The van der Waals surface area contributed by atoms with Crippen molar-refractivity contribution in [3.05, 3.63) is 56.6 Å². The minimum absolute atomic E-state index is 0.0608. The first kappa shape index (κ1) is 13.8. The lowest BCUT2D eigenvalue weighted by molar-refractivity contribution is 0.465. The molecule has 0 aliphatic carbocycles. The van der Waals surface area contributed by atoms with Crippen LogP contribution in [0.2, 0.25) is 0 Å². The van der Waals surface area contributed by atoms with Crippen molar-refractivity contribution in [2.75, 3.05) is 6.54 Å². The smallest absolute Gasteiger partial charge is 0.169 e. The highest BCUT2D eigenvalue weighted by atomic mass is 79.9. The molecular formula is C15H13BrFNOS. The van der Waals surface area contributed by atoms with E-state index >= 15 is 0 Å². The van der Waals surface area contributed by atoms with E-state index in [9.17, 15) is 4.39 Å². The average Bonchev–Trinajstić information content (AvgIpc) is 3.03. The van der Waals surface area contributed by atoms with Crippen LogP contribution in [0.4, 0.5) is 4.39 Å². The van der Waals surface area contributed by atoms with Gasteiger partial charge in [0.15, 0.2) is 11.4 Å². The molecule has 0 saturated carbocycles. The van der Waals surface area contributed by atoms with Crippen LogP contribution in [0, 0.1) is 5.82 Å². The molecule has 0 aliphatic heterocycles. The molecule has 0 radical (unpaired) electrons. The van der Waals surface area contributed by atoms with Gasteiger partial charge < -0.3 is 9.73 Å². The van der Waals surface area contributed by atoms with Crippen molar-refractivity contribution in [3.8, 4) is 0 Å². The fourth-order valence-electron chi connectivity index (χ4n) is 2.25. The molecule has 5 heteroatoms. The zero-order valence-electron chi connectivity index (χ0n) is 10.8. The molecule has 1 unspecified atom stereocenters. The largest absolute Gasteiger partial charge is 0.456 e. The SMILES string of the molecule is CCNC(c1csc(Br)c1)c1cc2cccc(F)c2o1. The summed E-state index contributed by atoms with van der Waals surface area (Å²) >= 11 is 5.09. The molecule has 104 valence electrons. The van der Waals surface area contributed by atoms with Crippen LogP contribution in [0.15, 0.2) is 43.9 Å². The second kappa shape index (κ2) is 5.68. The Kier molecular flexibility index (Phi) is 3.92. The molecule has 20 heavy (non-hydrogen) atoms. The number of hydrogen-bond donors (Lipinski definition) is 1. The maximum atomic E-state index is 13.7. The zero-order chi connectivity index (χ0) is 14.1. The van der Waals surface area contributed by atoms with Gasteiger partial charge >= 0.3 is 0 Å². The maximum absolute atomic E-state index is 13.7. The Morgan fingerprint density at radius 1 is 1.40 bits per heavy atom. The first-order valence-electron chi connectivity index (χ1n) is 6.34. The highest BCUT2D eigenvalue weighted by molar-refractivity contribution is 9.11. The lowest BCUT2D eigenvalue weighted by Gasteiger charge is -2.13. The molecule has 0 saturated heterocycles. The van der Waals surface area contributed by atoms with Gasteiger partial charge in [-0.25, -0.2) is 4.39 Å². The summed E-state index contributed by atoms with van der Waals surface area (Å²) in [6.07, 6.45) is 0. The van der Waals surface area contributed by atoms with E-state index in [4.69, 9.17) is 4.42 Å². The quantitative estimate of drug-likeness (QED) is 0.706. The van der Waals surface area contributed by atoms with E-state index in [1.165, 1.54) is 6.07 Å². The number of furan rings is 1. The van der Waals surface area contributed by atoms with Crippen LogP contribution in [0.5, 0.6) is 0 Å². The molecule has 0 aliphatic rings. The van der Waals surface area contributed by atoms with Gasteiger partial charge in [-0.1, -0.05) is 19.1 Å². The number of fused-ring (bicyclic) bond motifs is 1. The highest BCUT2D eigenvalue weighted by Crippen LogP contribution is 2.33. The van der Waals surface area contributed by atoms with Gasteiger partial charge in [0.2, 0.25) is 0 Å². The summed E-state index contributed by atoms with van der Waals surface area (Å²) in [7, 11) is 0. The number of halogens is 2. The van der Waals surface area contributed by atoms with Gasteiger partial charge in [0.25, 0.3) is 0 Å². The van der Waals surface area contributed by atoms with E-state index in [0.29, 0.717) is 5.58 Å². The first-order valence-corrected chi connectivity index (χ1v) is 8.01. The van der Waals surface area contributed by atoms with Crippen LogP contribution in [-0.2, 0) is 0 Å². The van der Waals surface area contributed by atoms with Gasteiger partial charge in [-0.15, -0.1) is 11.3 Å². The molecule has 0 amide bonds. The Morgan fingerprint density at radius 2 is 2.25 bits per heavy atom. The lowest BCUT2D eigenvalue weighted by Crippen LogP contribution is -2.20. The van der Waals surface area contributed by atoms with Gasteiger partial charge in [0.05, 0.1) is 9.83 Å². The van der Waals surface area contributed by atoms with E-state index in [1.54, 1.807) is 17.4 Å². The second-order valence-electron chi connectivity index (χ2n) is 4.48. The Morgan fingerprint density at radius 3 is 2.90 bits per heavy atom. The third kappa shape index (κ3) is 2.53. The van der Waals surface area contributed by atoms with Gasteiger partial charge in [0.1, 0.15) is 5.76 Å². The number of thiophene rings is 1. The topological polar surface area (TPSA) is 25.2 Å². The summed E-state index contributed by atoms with van der Waals surface area (Å²) in [5.41, 5.74) is 1.43. The van der Waals surface area contributed by atoms with Gasteiger partial charge in [0, 0.05) is 5.39 Å². The van der Waals surface area contributed by atoms with Crippen LogP contribution in [-0.4, -0.2) is 6.54 Å². The van der Waals surface area contributed by atoms with Crippen molar-refractivity contribution in [2.45, 2.75) is 13.0 Å². The van der Waals surface area contributed by atoms with E-state index in [1.807, 2.05) is 19.1 Å². The Balaban J connectivity index is 2.07. The Labute approximate surface area is 128 Å². The third-order valence-corrected chi connectivity index (χ3v) is 4.65. The molecule has 2 aromatic heterocycles. The molecule has 2 heterocycles. The average molecular weight is 354 g/mol. The predicted octanol–water partition coefficient (Wildman–Crippen LogP) is 5.09. The van der Waals surface area contributed by atoms with Crippen LogP contribution in [0.3, 0.4) is 0 Å². The predicted molar refractivity (Wildman–Crippen MR) is 83.7 cm³/mol. The number of benzene rings is 1. The number of hydrogen-bond acceptors (Lipinski definition) is 3. The van der Waals surface area contributed by atoms with E-state index in [0.717, 1.165) is 27.0 Å². The monoisotopic (exact) mass is 353 g/mol. The van der Waals surface area contributed by atoms with Crippen LogP contribution >= 0.6 is 27.3 Å². The fraction of sp³-hybridized carbons (Fsp3) is 0.200. The zero-order valence-corrected chi connectivity index (χ0v) is 13.2. The van der Waals surface area contributed by atoms with E-state index < -0.39 is 0 Å². The minimum Gasteiger partial charge on any atom is -0.456 e. The molecule has 0 spiro atoms. The molecule has 1 aromatic carbocycles. The highest BCUT2D eigenvalue weighted by Gasteiger charge is 2.19. The number of rotatable bonds is 4. The molecule has 2 nitrogen and oxygen atoms in total. The molecule has 3 aromatic rings. The number of nitrogens with one attached hydrogen (secondary N) is 1. The van der Waals surface area contributed by atoms with Gasteiger partial charge in [-0.2, -0.15) is 0 Å². The molecule has 1 atom stereocenters. The van der Waals surface area contributed by atoms with Crippen molar-refractivity contribution < 1.29 is 8.81 Å². The van der Waals surface area contributed by atoms with Crippen molar-refractivity contribution >= 4 is 38.2 Å². The summed E-state index contributed by atoms with van der Waals surface area (Å²) < 4.78 is 20.5. The number of para-hydroxylation sites is 1. The summed E-state index contributed by atoms with van der Waals surface area (Å²) in [5, 5.41) is 6.24. The first-order chi connectivity index (χ1) is 9.69. The fourth-order valence-corrected chi connectivity index (χ4v) is 3.45. The van der Waals surface area contributed by atoms with Crippen LogP contribution in [0.1, 0.15) is 24.3 Å². The van der Waals surface area contributed by atoms with Gasteiger partial charge in [-0.05, 0) is 51.6 Å². The Hall–Kier alpha value is -1.17. The van der Waals surface area contributed by atoms with Crippen molar-refractivity contribution in [1.29, 1.82) is 0 Å². The van der Waals surface area contributed by atoms with E-state index in [2.05, 4.69) is 32.7 Å². The summed E-state index contributed by atoms with van der Waals surface area (Å²) in [4.78, 5) is 0. The van der Waals surface area contributed by atoms with Crippen LogP contribution < -0.4 is 5.32 Å². The van der Waals surface area contributed by atoms with E-state index in [-0.39, 0.29) is 11.9 Å². The molecule has 1 N–H and O–H groups in total. The lowest BCUT2D eigenvalue weighted by atomic mass is 10.1. The minimum atomic E-state index is -0.324. The van der Waals surface area contributed by atoms with Gasteiger partial charge in [-0.3, -0.25) is 0 Å². The third-order valence-electron chi connectivity index (χ3n) is 3.13. The summed E-state index contributed by atoms with van der Waals surface area (Å²) in [5.74, 6) is 0.410. The molecular weight excluding hydrogens is 341 g/mol. The van der Waals surface area contributed by atoms with Crippen molar-refractivity contribution in [2.24, 2.45) is 0 Å². The van der Waals surface area contributed by atoms with Crippen LogP contribution in [0.25, 0.3) is 11.0 Å². The summed E-state index contributed by atoms with van der Waals surface area (Å²) in [6.45, 7) is 2.84. The standard InChI is InChI=1S/C15H13BrFNOS/c1-2-18-14(10-7-13(16)20-8-10)12-6-9-4-3-5-11(17)15(9)19-12/h3-8,14,18H,2H2,1H3. The molecule has 0 fully saturated rings. The van der Waals surface area contributed by atoms with Crippen molar-refractivity contribution in [1.82, 2.24) is 5.32 Å². The Bertz CT molecular complexity index is 736. The molecule has 0 bridgehead atoms. The maximum Gasteiger partial charge on any atom is 0.169 e. The second-order valence-corrected chi connectivity index (χ2v) is 6.77. The summed E-state index contributed by atoms with van der Waals surface area (Å²) in [6, 6.07) is 8.87. The normalized spacial score (nSPS) is 12.9. The molecule has 3 rings (SSSR count).